The number of aromatic nitrogens is 1. The van der Waals surface area contributed by atoms with Gasteiger partial charge < -0.3 is 10.6 Å². The van der Waals surface area contributed by atoms with Crippen LogP contribution in [0.3, 0.4) is 0 Å². The number of anilines is 2. The number of halogens is 1. The van der Waals surface area contributed by atoms with E-state index in [1.165, 1.54) is 5.56 Å². The highest BCUT2D eigenvalue weighted by Crippen LogP contribution is 2.15. The third-order valence-electron chi connectivity index (χ3n) is 4.00. The van der Waals surface area contributed by atoms with Crippen molar-refractivity contribution in [1.29, 1.82) is 0 Å². The summed E-state index contributed by atoms with van der Waals surface area (Å²) in [6.45, 7) is 4.82. The second kappa shape index (κ2) is 9.28. The number of hydrogen-bond donors (Lipinski definition) is 2. The van der Waals surface area contributed by atoms with Gasteiger partial charge in [-0.05, 0) is 49.1 Å². The second-order valence-corrected chi connectivity index (χ2v) is 6.18. The van der Waals surface area contributed by atoms with Gasteiger partial charge in [0.15, 0.2) is 0 Å². The topological polar surface area (TPSA) is 54.0 Å². The van der Waals surface area contributed by atoms with E-state index < -0.39 is 0 Å². The molecule has 5 heteroatoms. The summed E-state index contributed by atoms with van der Waals surface area (Å²) in [6, 6.07) is 11.6. The summed E-state index contributed by atoms with van der Waals surface area (Å²) in [5.41, 5.74) is 1.91. The summed E-state index contributed by atoms with van der Waals surface area (Å²) in [4.78, 5) is 16.4. The third kappa shape index (κ3) is 5.53. The Morgan fingerprint density at radius 3 is 2.62 bits per heavy atom. The molecule has 1 aromatic heterocycles. The van der Waals surface area contributed by atoms with Crippen LogP contribution in [0.4, 0.5) is 11.5 Å². The van der Waals surface area contributed by atoms with Crippen molar-refractivity contribution >= 4 is 29.0 Å². The van der Waals surface area contributed by atoms with Crippen LogP contribution in [0.15, 0.2) is 42.6 Å². The van der Waals surface area contributed by atoms with Crippen molar-refractivity contribution < 1.29 is 4.79 Å². The molecule has 24 heavy (non-hydrogen) atoms. The molecule has 2 rings (SSSR count). The molecule has 0 aliphatic heterocycles. The van der Waals surface area contributed by atoms with E-state index in [1.54, 1.807) is 6.20 Å². The zero-order valence-corrected chi connectivity index (χ0v) is 14.9. The zero-order valence-electron chi connectivity index (χ0n) is 14.2. The van der Waals surface area contributed by atoms with Gasteiger partial charge in [-0.2, -0.15) is 0 Å². The molecule has 0 bridgehead atoms. The van der Waals surface area contributed by atoms with Gasteiger partial charge in [0.25, 0.3) is 0 Å². The Bertz CT molecular complexity index is 654. The maximum absolute atomic E-state index is 12.1. The van der Waals surface area contributed by atoms with E-state index in [1.807, 2.05) is 44.2 Å². The first-order chi connectivity index (χ1) is 11.6. The molecule has 0 saturated heterocycles. The standard InChI is InChI=1S/C19H24ClN3O/c1-3-15(4-2)19(24)23-17-8-9-18(22-13-17)21-11-10-14-6-5-7-16(20)12-14/h5-9,12-13,15H,3-4,10-11H2,1-2H3,(H,21,22)(H,23,24). The first-order valence-corrected chi connectivity index (χ1v) is 8.75. The van der Waals surface area contributed by atoms with Crippen LogP contribution in [-0.4, -0.2) is 17.4 Å². The lowest BCUT2D eigenvalue weighted by molar-refractivity contribution is -0.120. The van der Waals surface area contributed by atoms with E-state index in [-0.39, 0.29) is 11.8 Å². The van der Waals surface area contributed by atoms with E-state index >= 15 is 0 Å². The Labute approximate surface area is 148 Å². The van der Waals surface area contributed by atoms with Crippen molar-refractivity contribution in [2.24, 2.45) is 5.92 Å². The number of rotatable bonds is 8. The molecule has 4 nitrogen and oxygen atoms in total. The number of carbonyl (C=O) groups is 1. The predicted octanol–water partition coefficient (Wildman–Crippen LogP) is 4.76. The van der Waals surface area contributed by atoms with Crippen molar-refractivity contribution in [3.8, 4) is 0 Å². The van der Waals surface area contributed by atoms with Crippen molar-refractivity contribution in [3.63, 3.8) is 0 Å². The SMILES string of the molecule is CCC(CC)C(=O)Nc1ccc(NCCc2cccc(Cl)c2)nc1. The molecule has 0 aliphatic rings. The highest BCUT2D eigenvalue weighted by Gasteiger charge is 2.14. The molecular formula is C19H24ClN3O. The lowest BCUT2D eigenvalue weighted by Crippen LogP contribution is -2.21. The average molecular weight is 346 g/mol. The number of amides is 1. The van der Waals surface area contributed by atoms with Crippen LogP contribution in [0.1, 0.15) is 32.3 Å². The van der Waals surface area contributed by atoms with Gasteiger partial charge in [-0.15, -0.1) is 0 Å². The average Bonchev–Trinajstić information content (AvgIpc) is 2.58. The molecule has 1 amide bonds. The fraction of sp³-hybridized carbons (Fsp3) is 0.368. The zero-order chi connectivity index (χ0) is 17.4. The molecule has 2 aromatic rings. The molecular weight excluding hydrogens is 322 g/mol. The normalized spacial score (nSPS) is 10.7. The van der Waals surface area contributed by atoms with Crippen molar-refractivity contribution in [2.45, 2.75) is 33.1 Å². The largest absolute Gasteiger partial charge is 0.370 e. The summed E-state index contributed by atoms with van der Waals surface area (Å²) in [7, 11) is 0. The van der Waals surface area contributed by atoms with Crippen molar-refractivity contribution in [2.75, 3.05) is 17.2 Å². The number of benzene rings is 1. The van der Waals surface area contributed by atoms with Gasteiger partial charge in [-0.1, -0.05) is 37.6 Å². The van der Waals surface area contributed by atoms with Crippen LogP contribution >= 0.6 is 11.6 Å². The van der Waals surface area contributed by atoms with Gasteiger partial charge in [0.1, 0.15) is 5.82 Å². The molecule has 0 aliphatic carbocycles. The van der Waals surface area contributed by atoms with Crippen LogP contribution in [0.25, 0.3) is 0 Å². The molecule has 0 saturated carbocycles. The summed E-state index contributed by atoms with van der Waals surface area (Å²) in [6.07, 6.45) is 4.25. The van der Waals surface area contributed by atoms with E-state index in [2.05, 4.69) is 21.7 Å². The van der Waals surface area contributed by atoms with E-state index in [9.17, 15) is 4.79 Å². The first-order valence-electron chi connectivity index (χ1n) is 8.37. The van der Waals surface area contributed by atoms with Crippen LogP contribution in [0.5, 0.6) is 0 Å². The number of carbonyl (C=O) groups excluding carboxylic acids is 1. The Balaban J connectivity index is 1.82. The van der Waals surface area contributed by atoms with Crippen molar-refractivity contribution in [3.05, 3.63) is 53.2 Å². The van der Waals surface area contributed by atoms with Crippen LogP contribution in [0.2, 0.25) is 5.02 Å². The lowest BCUT2D eigenvalue weighted by Gasteiger charge is -2.13. The Morgan fingerprint density at radius 2 is 2.00 bits per heavy atom. The van der Waals surface area contributed by atoms with Gasteiger partial charge in [0.2, 0.25) is 5.91 Å². The number of pyridine rings is 1. The Morgan fingerprint density at radius 1 is 1.21 bits per heavy atom. The summed E-state index contributed by atoms with van der Waals surface area (Å²) in [5, 5.41) is 6.94. The highest BCUT2D eigenvalue weighted by atomic mass is 35.5. The van der Waals surface area contributed by atoms with Crippen LogP contribution < -0.4 is 10.6 Å². The number of nitrogens with one attached hydrogen (secondary N) is 2. The number of nitrogens with zero attached hydrogens (tertiary/aromatic N) is 1. The van der Waals surface area contributed by atoms with Gasteiger partial charge in [0.05, 0.1) is 11.9 Å². The maximum Gasteiger partial charge on any atom is 0.227 e. The molecule has 1 aromatic carbocycles. The maximum atomic E-state index is 12.1. The first kappa shape index (κ1) is 18.3. The third-order valence-corrected chi connectivity index (χ3v) is 4.23. The molecule has 0 atom stereocenters. The quantitative estimate of drug-likeness (QED) is 0.725. The van der Waals surface area contributed by atoms with Crippen LogP contribution in [0, 0.1) is 5.92 Å². The molecule has 0 radical (unpaired) electrons. The Hall–Kier alpha value is -2.07. The lowest BCUT2D eigenvalue weighted by atomic mass is 10.0. The molecule has 0 unspecified atom stereocenters. The molecule has 0 fully saturated rings. The number of hydrogen-bond acceptors (Lipinski definition) is 3. The minimum Gasteiger partial charge on any atom is -0.370 e. The molecule has 2 N–H and O–H groups in total. The van der Waals surface area contributed by atoms with Gasteiger partial charge in [-0.3, -0.25) is 4.79 Å². The minimum absolute atomic E-state index is 0.0560. The van der Waals surface area contributed by atoms with Gasteiger partial charge >= 0.3 is 0 Å². The Kier molecular flexibility index (Phi) is 7.07. The summed E-state index contributed by atoms with van der Waals surface area (Å²) < 4.78 is 0. The van der Waals surface area contributed by atoms with Gasteiger partial charge in [0, 0.05) is 17.5 Å². The smallest absolute Gasteiger partial charge is 0.227 e. The van der Waals surface area contributed by atoms with E-state index in [0.717, 1.165) is 42.3 Å². The monoisotopic (exact) mass is 345 g/mol. The minimum atomic E-state index is 0.0560. The molecule has 1 heterocycles. The highest BCUT2D eigenvalue weighted by molar-refractivity contribution is 6.30. The van der Waals surface area contributed by atoms with E-state index in [0.29, 0.717) is 0 Å². The summed E-state index contributed by atoms with van der Waals surface area (Å²) in [5.74, 6) is 0.904. The fourth-order valence-electron chi connectivity index (χ4n) is 2.50. The predicted molar refractivity (Wildman–Crippen MR) is 101 cm³/mol. The second-order valence-electron chi connectivity index (χ2n) is 5.74. The summed E-state index contributed by atoms with van der Waals surface area (Å²) >= 11 is 5.98. The van der Waals surface area contributed by atoms with Gasteiger partial charge in [-0.25, -0.2) is 4.98 Å². The molecule has 128 valence electrons. The fourth-order valence-corrected chi connectivity index (χ4v) is 2.72. The van der Waals surface area contributed by atoms with E-state index in [4.69, 9.17) is 11.6 Å². The molecule has 0 spiro atoms. The van der Waals surface area contributed by atoms with Crippen molar-refractivity contribution in [1.82, 2.24) is 4.98 Å². The van der Waals surface area contributed by atoms with Crippen LogP contribution in [-0.2, 0) is 11.2 Å².